The molecule has 1 aliphatic rings. The normalized spacial score (nSPS) is 17.7. The van der Waals surface area contributed by atoms with Crippen LogP contribution in [0.4, 0.5) is 0 Å². The van der Waals surface area contributed by atoms with Crippen molar-refractivity contribution >= 4 is 0 Å². The summed E-state index contributed by atoms with van der Waals surface area (Å²) in [6.07, 6.45) is 1.67. The molecule has 1 aliphatic heterocycles. The van der Waals surface area contributed by atoms with Gasteiger partial charge < -0.3 is 20.3 Å². The number of nitrogens with two attached hydrogens (primary N) is 1. The monoisotopic (exact) mass is 262 g/mol. The molecule has 0 unspecified atom stereocenters. The molecule has 0 aromatic heterocycles. The second-order valence-corrected chi connectivity index (χ2v) is 4.67. The third kappa shape index (κ3) is 2.65. The molecule has 5 nitrogen and oxygen atoms in total. The van der Waals surface area contributed by atoms with E-state index in [2.05, 4.69) is 6.07 Å². The standard InChI is InChI=1S/C14H18N2O3/c1-18-11-3-2-10(8-15)12(14(11)17)13(16)9-4-6-19-7-5-9/h2-3,9,13,17H,4-7,16H2,1H3/t13-/m0/s1. The average molecular weight is 262 g/mol. The van der Waals surface area contributed by atoms with E-state index >= 15 is 0 Å². The molecule has 2 rings (SSSR count). The van der Waals surface area contributed by atoms with Gasteiger partial charge in [-0.15, -0.1) is 0 Å². The Morgan fingerprint density at radius 3 is 2.74 bits per heavy atom. The summed E-state index contributed by atoms with van der Waals surface area (Å²) in [4.78, 5) is 0. The number of nitrogens with zero attached hydrogens (tertiary/aromatic N) is 1. The van der Waals surface area contributed by atoms with Gasteiger partial charge in [-0.25, -0.2) is 0 Å². The fraction of sp³-hybridized carbons (Fsp3) is 0.500. The highest BCUT2D eigenvalue weighted by Crippen LogP contribution is 2.39. The van der Waals surface area contributed by atoms with Crippen LogP contribution in [0.15, 0.2) is 12.1 Å². The molecule has 0 spiro atoms. The van der Waals surface area contributed by atoms with Crippen LogP contribution >= 0.6 is 0 Å². The van der Waals surface area contributed by atoms with Crippen molar-refractivity contribution in [2.75, 3.05) is 20.3 Å². The average Bonchev–Trinajstić information content (AvgIpc) is 2.47. The highest BCUT2D eigenvalue weighted by atomic mass is 16.5. The van der Waals surface area contributed by atoms with E-state index in [1.54, 1.807) is 12.1 Å². The quantitative estimate of drug-likeness (QED) is 0.865. The molecule has 0 saturated carbocycles. The highest BCUT2D eigenvalue weighted by molar-refractivity contribution is 5.55. The first-order chi connectivity index (χ1) is 9.19. The van der Waals surface area contributed by atoms with Gasteiger partial charge in [-0.1, -0.05) is 0 Å². The van der Waals surface area contributed by atoms with Crippen LogP contribution in [0.25, 0.3) is 0 Å². The summed E-state index contributed by atoms with van der Waals surface area (Å²) in [5.74, 6) is 0.524. The van der Waals surface area contributed by atoms with Crippen molar-refractivity contribution in [2.45, 2.75) is 18.9 Å². The van der Waals surface area contributed by atoms with Gasteiger partial charge in [0.1, 0.15) is 0 Å². The van der Waals surface area contributed by atoms with Gasteiger partial charge in [0, 0.05) is 24.8 Å². The van der Waals surface area contributed by atoms with Crippen LogP contribution in [0.5, 0.6) is 11.5 Å². The molecule has 102 valence electrons. The van der Waals surface area contributed by atoms with E-state index in [0.717, 1.165) is 12.8 Å². The molecular weight excluding hydrogens is 244 g/mol. The van der Waals surface area contributed by atoms with Crippen LogP contribution in [-0.2, 0) is 4.74 Å². The summed E-state index contributed by atoms with van der Waals surface area (Å²) in [5, 5.41) is 19.4. The summed E-state index contributed by atoms with van der Waals surface area (Å²) in [5.41, 5.74) is 7.13. The Morgan fingerprint density at radius 1 is 1.47 bits per heavy atom. The number of methoxy groups -OCH3 is 1. The predicted molar refractivity (Wildman–Crippen MR) is 69.8 cm³/mol. The zero-order valence-corrected chi connectivity index (χ0v) is 10.9. The Hall–Kier alpha value is -1.77. The molecule has 1 aromatic rings. The van der Waals surface area contributed by atoms with E-state index in [1.165, 1.54) is 7.11 Å². The molecule has 3 N–H and O–H groups in total. The first-order valence-electron chi connectivity index (χ1n) is 6.32. The second kappa shape index (κ2) is 5.91. The van der Waals surface area contributed by atoms with Crippen LogP contribution in [0.1, 0.15) is 30.0 Å². The molecule has 1 aromatic carbocycles. The van der Waals surface area contributed by atoms with Crippen molar-refractivity contribution in [1.29, 1.82) is 5.26 Å². The van der Waals surface area contributed by atoms with E-state index in [1.807, 2.05) is 0 Å². The van der Waals surface area contributed by atoms with Gasteiger partial charge >= 0.3 is 0 Å². The molecule has 19 heavy (non-hydrogen) atoms. The van der Waals surface area contributed by atoms with Crippen LogP contribution in [0.2, 0.25) is 0 Å². The lowest BCUT2D eigenvalue weighted by molar-refractivity contribution is 0.0580. The minimum Gasteiger partial charge on any atom is -0.504 e. The first-order valence-corrected chi connectivity index (χ1v) is 6.32. The van der Waals surface area contributed by atoms with Crippen molar-refractivity contribution in [3.8, 4) is 17.6 Å². The van der Waals surface area contributed by atoms with Gasteiger partial charge in [0.05, 0.1) is 18.7 Å². The Kier molecular flexibility index (Phi) is 4.25. The number of phenols is 1. The maximum atomic E-state index is 10.2. The predicted octanol–water partition coefficient (Wildman–Crippen LogP) is 1.70. The molecule has 0 aliphatic carbocycles. The van der Waals surface area contributed by atoms with Crippen molar-refractivity contribution in [3.05, 3.63) is 23.3 Å². The van der Waals surface area contributed by atoms with Crippen molar-refractivity contribution in [2.24, 2.45) is 11.7 Å². The van der Waals surface area contributed by atoms with Crippen LogP contribution in [0, 0.1) is 17.2 Å². The Bertz CT molecular complexity index is 490. The molecule has 5 heteroatoms. The van der Waals surface area contributed by atoms with E-state index in [-0.39, 0.29) is 17.7 Å². The Labute approximate surface area is 112 Å². The number of phenolic OH excluding ortho intramolecular Hbond substituents is 1. The summed E-state index contributed by atoms with van der Waals surface area (Å²) in [7, 11) is 1.48. The zero-order chi connectivity index (χ0) is 13.8. The van der Waals surface area contributed by atoms with Crippen LogP contribution < -0.4 is 10.5 Å². The van der Waals surface area contributed by atoms with Gasteiger partial charge in [0.2, 0.25) is 0 Å². The lowest BCUT2D eigenvalue weighted by Gasteiger charge is -2.29. The summed E-state index contributed by atoms with van der Waals surface area (Å²) < 4.78 is 10.4. The van der Waals surface area contributed by atoms with Crippen molar-refractivity contribution < 1.29 is 14.6 Å². The molecule has 1 fully saturated rings. The van der Waals surface area contributed by atoms with Gasteiger partial charge in [-0.2, -0.15) is 5.26 Å². The summed E-state index contributed by atoms with van der Waals surface area (Å²) in [6.45, 7) is 1.34. The maximum absolute atomic E-state index is 10.2. The highest BCUT2D eigenvalue weighted by Gasteiger charge is 2.27. The molecule has 0 amide bonds. The van der Waals surface area contributed by atoms with Gasteiger partial charge in [0.25, 0.3) is 0 Å². The zero-order valence-electron chi connectivity index (χ0n) is 10.9. The van der Waals surface area contributed by atoms with Crippen molar-refractivity contribution in [1.82, 2.24) is 0 Å². The topological polar surface area (TPSA) is 88.5 Å². The Morgan fingerprint density at radius 2 is 2.16 bits per heavy atom. The molecule has 1 atom stereocenters. The molecule has 1 saturated heterocycles. The number of ether oxygens (including phenoxy) is 2. The van der Waals surface area contributed by atoms with E-state index in [0.29, 0.717) is 30.1 Å². The third-order valence-electron chi connectivity index (χ3n) is 3.63. The van der Waals surface area contributed by atoms with Crippen LogP contribution in [0.3, 0.4) is 0 Å². The number of nitriles is 1. The fourth-order valence-electron chi connectivity index (χ4n) is 2.50. The Balaban J connectivity index is 2.38. The minimum absolute atomic E-state index is 0.0273. The molecule has 0 bridgehead atoms. The van der Waals surface area contributed by atoms with E-state index in [4.69, 9.17) is 15.2 Å². The number of rotatable bonds is 3. The molecular formula is C14H18N2O3. The molecule has 0 radical (unpaired) electrons. The number of benzene rings is 1. The van der Waals surface area contributed by atoms with Crippen LogP contribution in [-0.4, -0.2) is 25.4 Å². The fourth-order valence-corrected chi connectivity index (χ4v) is 2.50. The van der Waals surface area contributed by atoms with Gasteiger partial charge in [-0.05, 0) is 30.9 Å². The minimum atomic E-state index is -0.381. The lowest BCUT2D eigenvalue weighted by atomic mass is 9.85. The smallest absolute Gasteiger partial charge is 0.163 e. The molecule has 1 heterocycles. The number of aromatic hydroxyl groups is 1. The SMILES string of the molecule is COc1ccc(C#N)c([C@@H](N)C2CCOCC2)c1O. The first kappa shape index (κ1) is 13.7. The largest absolute Gasteiger partial charge is 0.504 e. The third-order valence-corrected chi connectivity index (χ3v) is 3.63. The van der Waals surface area contributed by atoms with Crippen molar-refractivity contribution in [3.63, 3.8) is 0 Å². The lowest BCUT2D eigenvalue weighted by Crippen LogP contribution is -2.28. The number of hydrogen-bond donors (Lipinski definition) is 2. The van der Waals surface area contributed by atoms with Gasteiger partial charge in [-0.3, -0.25) is 0 Å². The van der Waals surface area contributed by atoms with E-state index < -0.39 is 0 Å². The summed E-state index contributed by atoms with van der Waals surface area (Å²) >= 11 is 0. The number of hydrogen-bond acceptors (Lipinski definition) is 5. The van der Waals surface area contributed by atoms with E-state index in [9.17, 15) is 10.4 Å². The summed E-state index contributed by atoms with van der Waals surface area (Å²) in [6, 6.07) is 4.91. The maximum Gasteiger partial charge on any atom is 0.163 e. The van der Waals surface area contributed by atoms with Gasteiger partial charge in [0.15, 0.2) is 11.5 Å². The second-order valence-electron chi connectivity index (χ2n) is 4.67.